The van der Waals surface area contributed by atoms with Crippen LogP contribution in [-0.2, 0) is 0 Å². The van der Waals surface area contributed by atoms with Crippen molar-refractivity contribution in [3.63, 3.8) is 0 Å². The molecule has 2 nitrogen and oxygen atoms in total. The Morgan fingerprint density at radius 3 is 2.57 bits per heavy atom. The minimum absolute atomic E-state index is 0.196. The molecule has 0 aliphatic carbocycles. The van der Waals surface area contributed by atoms with Crippen LogP contribution < -0.4 is 5.32 Å². The van der Waals surface area contributed by atoms with Crippen LogP contribution in [0.5, 0.6) is 0 Å². The van der Waals surface area contributed by atoms with Gasteiger partial charge in [0.15, 0.2) is 0 Å². The zero-order valence-corrected chi connectivity index (χ0v) is 13.5. The van der Waals surface area contributed by atoms with Gasteiger partial charge < -0.3 is 5.32 Å². The predicted octanol–water partition coefficient (Wildman–Crippen LogP) is 4.13. The summed E-state index contributed by atoms with van der Waals surface area (Å²) in [5, 5.41) is 3.52. The first-order valence-corrected chi connectivity index (χ1v) is 7.93. The van der Waals surface area contributed by atoms with Crippen molar-refractivity contribution in [3.8, 4) is 0 Å². The fraction of sp³-hybridized carbons (Fsp3) is 0.600. The third-order valence-corrected chi connectivity index (χ3v) is 4.32. The van der Waals surface area contributed by atoms with Gasteiger partial charge in [0, 0.05) is 16.6 Å². The lowest BCUT2D eigenvalue weighted by Gasteiger charge is -2.34. The van der Waals surface area contributed by atoms with E-state index in [1.165, 1.54) is 10.5 Å². The number of nitrogens with zero attached hydrogens (tertiary/aromatic N) is 1. The van der Waals surface area contributed by atoms with E-state index in [0.717, 1.165) is 17.3 Å². The van der Waals surface area contributed by atoms with Crippen molar-refractivity contribution in [2.75, 3.05) is 19.6 Å². The van der Waals surface area contributed by atoms with E-state index in [9.17, 15) is 13.2 Å². The number of rotatable bonds is 4. The molecule has 2 rings (SSSR count). The van der Waals surface area contributed by atoms with Crippen LogP contribution in [0.15, 0.2) is 28.7 Å². The van der Waals surface area contributed by atoms with Gasteiger partial charge >= 0.3 is 6.18 Å². The van der Waals surface area contributed by atoms with Crippen LogP contribution in [0.3, 0.4) is 0 Å². The third-order valence-electron chi connectivity index (χ3n) is 3.82. The van der Waals surface area contributed by atoms with Crippen molar-refractivity contribution in [3.05, 3.63) is 34.3 Å². The summed E-state index contributed by atoms with van der Waals surface area (Å²) in [6, 6.07) is 8.57. The van der Waals surface area contributed by atoms with E-state index >= 15 is 0 Å². The van der Waals surface area contributed by atoms with Crippen LogP contribution in [0, 0.1) is 0 Å². The van der Waals surface area contributed by atoms with Gasteiger partial charge in [0.25, 0.3) is 0 Å². The van der Waals surface area contributed by atoms with Gasteiger partial charge in [-0.25, -0.2) is 0 Å². The number of benzene rings is 1. The van der Waals surface area contributed by atoms with Crippen LogP contribution >= 0.6 is 15.9 Å². The number of halogens is 4. The smallest absolute Gasteiger partial charge is 0.307 e. The molecule has 1 aromatic rings. The second kappa shape index (κ2) is 7.11. The van der Waals surface area contributed by atoms with Gasteiger partial charge in [0.1, 0.15) is 0 Å². The molecule has 6 heteroatoms. The van der Waals surface area contributed by atoms with Crippen LogP contribution in [0.1, 0.15) is 31.4 Å². The summed E-state index contributed by atoms with van der Waals surface area (Å²) in [6.07, 6.45) is -2.58. The fourth-order valence-corrected chi connectivity index (χ4v) is 3.15. The van der Waals surface area contributed by atoms with Crippen LogP contribution in [0.25, 0.3) is 0 Å². The number of likely N-dealkylation sites (tertiary alicyclic amines) is 1. The van der Waals surface area contributed by atoms with Crippen LogP contribution in [0.2, 0.25) is 0 Å². The molecule has 0 saturated carbocycles. The first-order chi connectivity index (χ1) is 9.83. The van der Waals surface area contributed by atoms with E-state index in [2.05, 4.69) is 40.3 Å². The highest BCUT2D eigenvalue weighted by Crippen LogP contribution is 2.22. The quantitative estimate of drug-likeness (QED) is 0.863. The maximum absolute atomic E-state index is 12.3. The van der Waals surface area contributed by atoms with Crippen molar-refractivity contribution in [1.29, 1.82) is 0 Å². The van der Waals surface area contributed by atoms with Crippen molar-refractivity contribution in [2.45, 2.75) is 38.0 Å². The minimum Gasteiger partial charge on any atom is -0.307 e. The Hall–Kier alpha value is -0.590. The predicted molar refractivity (Wildman–Crippen MR) is 81.2 cm³/mol. The largest absolute Gasteiger partial charge is 0.401 e. The summed E-state index contributed by atoms with van der Waals surface area (Å²) in [5.41, 5.74) is 1.18. The Labute approximate surface area is 131 Å². The summed E-state index contributed by atoms with van der Waals surface area (Å²) in [4.78, 5) is 1.49. The fourth-order valence-electron chi connectivity index (χ4n) is 2.74. The van der Waals surface area contributed by atoms with Gasteiger partial charge in [-0.05, 0) is 50.6 Å². The molecular weight excluding hydrogens is 345 g/mol. The lowest BCUT2D eigenvalue weighted by Crippen LogP contribution is -2.46. The molecule has 21 heavy (non-hydrogen) atoms. The van der Waals surface area contributed by atoms with E-state index in [0.29, 0.717) is 13.1 Å². The molecule has 1 aliphatic heterocycles. The molecule has 1 saturated heterocycles. The van der Waals surface area contributed by atoms with Gasteiger partial charge in [0.2, 0.25) is 0 Å². The minimum atomic E-state index is -4.09. The molecular formula is C15H20BrF3N2. The van der Waals surface area contributed by atoms with Gasteiger partial charge in [-0.2, -0.15) is 13.2 Å². The molecule has 1 fully saturated rings. The summed E-state index contributed by atoms with van der Waals surface area (Å²) < 4.78 is 38.1. The topological polar surface area (TPSA) is 15.3 Å². The molecule has 0 radical (unpaired) electrons. The maximum atomic E-state index is 12.3. The van der Waals surface area contributed by atoms with Crippen molar-refractivity contribution < 1.29 is 13.2 Å². The standard InChI is InChI=1S/C15H20BrF3N2/c1-11(12-3-2-4-13(16)9-12)20-14-5-7-21(8-6-14)10-15(17,18)19/h2-4,9,11,14,20H,5-8,10H2,1H3. The molecule has 1 N–H and O–H groups in total. The first-order valence-electron chi connectivity index (χ1n) is 7.14. The lowest BCUT2D eigenvalue weighted by atomic mass is 10.0. The third kappa shape index (κ3) is 5.60. The Bertz CT molecular complexity index is 456. The highest BCUT2D eigenvalue weighted by Gasteiger charge is 2.32. The number of nitrogens with one attached hydrogen (secondary N) is 1. The number of alkyl halides is 3. The summed E-state index contributed by atoms with van der Waals surface area (Å²) in [7, 11) is 0. The average molecular weight is 365 g/mol. The summed E-state index contributed by atoms with van der Waals surface area (Å²) in [6.45, 7) is 2.30. The number of hydrogen-bond acceptors (Lipinski definition) is 2. The Balaban J connectivity index is 1.81. The van der Waals surface area contributed by atoms with Crippen molar-refractivity contribution in [1.82, 2.24) is 10.2 Å². The molecule has 1 aliphatic rings. The monoisotopic (exact) mass is 364 g/mol. The molecule has 1 unspecified atom stereocenters. The van der Waals surface area contributed by atoms with E-state index < -0.39 is 12.7 Å². The van der Waals surface area contributed by atoms with E-state index in [-0.39, 0.29) is 12.1 Å². The van der Waals surface area contributed by atoms with Crippen LogP contribution in [0.4, 0.5) is 13.2 Å². The molecule has 1 heterocycles. The van der Waals surface area contributed by atoms with E-state index in [1.807, 2.05) is 12.1 Å². The first kappa shape index (κ1) is 16.8. The number of hydrogen-bond donors (Lipinski definition) is 1. The molecule has 0 spiro atoms. The Morgan fingerprint density at radius 2 is 2.00 bits per heavy atom. The van der Waals surface area contributed by atoms with Crippen LogP contribution in [-0.4, -0.2) is 36.8 Å². The molecule has 0 bridgehead atoms. The Morgan fingerprint density at radius 1 is 1.33 bits per heavy atom. The zero-order valence-electron chi connectivity index (χ0n) is 12.0. The zero-order chi connectivity index (χ0) is 15.5. The van der Waals surface area contributed by atoms with Gasteiger partial charge in [0.05, 0.1) is 6.54 Å². The van der Waals surface area contributed by atoms with E-state index in [1.54, 1.807) is 0 Å². The highest BCUT2D eigenvalue weighted by atomic mass is 79.9. The Kier molecular flexibility index (Phi) is 5.68. The van der Waals surface area contributed by atoms with Crippen molar-refractivity contribution in [2.24, 2.45) is 0 Å². The maximum Gasteiger partial charge on any atom is 0.401 e. The summed E-state index contributed by atoms with van der Waals surface area (Å²) >= 11 is 3.45. The molecule has 1 atom stereocenters. The molecule has 0 aromatic heterocycles. The lowest BCUT2D eigenvalue weighted by molar-refractivity contribution is -0.148. The summed E-state index contributed by atoms with van der Waals surface area (Å²) in [5.74, 6) is 0. The molecule has 1 aromatic carbocycles. The highest BCUT2D eigenvalue weighted by molar-refractivity contribution is 9.10. The molecule has 0 amide bonds. The average Bonchev–Trinajstić information content (AvgIpc) is 2.39. The van der Waals surface area contributed by atoms with Gasteiger partial charge in [-0.15, -0.1) is 0 Å². The van der Waals surface area contributed by atoms with Crippen molar-refractivity contribution >= 4 is 15.9 Å². The van der Waals surface area contributed by atoms with E-state index in [4.69, 9.17) is 0 Å². The second-order valence-electron chi connectivity index (χ2n) is 5.61. The second-order valence-corrected chi connectivity index (χ2v) is 6.52. The van der Waals surface area contributed by atoms with Gasteiger partial charge in [-0.3, -0.25) is 4.90 Å². The van der Waals surface area contributed by atoms with Gasteiger partial charge in [-0.1, -0.05) is 28.1 Å². The molecule has 118 valence electrons. The SMILES string of the molecule is CC(NC1CCN(CC(F)(F)F)CC1)c1cccc(Br)c1. The normalized spacial score (nSPS) is 19.7. The number of piperidine rings is 1.